The Balaban J connectivity index is 1.84. The summed E-state index contributed by atoms with van der Waals surface area (Å²) >= 11 is 0. The third kappa shape index (κ3) is 6.05. The average Bonchev–Trinajstić information content (AvgIpc) is 2.57. The smallest absolute Gasteiger partial charge is 0.248 e. The van der Waals surface area contributed by atoms with E-state index in [0.717, 1.165) is 24.4 Å². The van der Waals surface area contributed by atoms with Gasteiger partial charge in [0, 0.05) is 12.1 Å². The van der Waals surface area contributed by atoms with Gasteiger partial charge in [0.15, 0.2) is 0 Å². The maximum Gasteiger partial charge on any atom is 0.248 e. The van der Waals surface area contributed by atoms with Crippen molar-refractivity contribution in [2.75, 3.05) is 6.54 Å². The first kappa shape index (κ1) is 18.0. The molecule has 0 saturated heterocycles. The van der Waals surface area contributed by atoms with Gasteiger partial charge in [-0.25, -0.2) is 0 Å². The third-order valence-corrected chi connectivity index (χ3v) is 3.77. The number of hydrogen-bond acceptors (Lipinski definition) is 3. The summed E-state index contributed by atoms with van der Waals surface area (Å²) in [6.45, 7) is 6.79. The number of hydrogen-bond donors (Lipinski definition) is 2. The fourth-order valence-corrected chi connectivity index (χ4v) is 2.30. The Hall–Kier alpha value is -2.33. The van der Waals surface area contributed by atoms with Crippen LogP contribution in [0.5, 0.6) is 5.75 Å². The first-order chi connectivity index (χ1) is 11.5. The Morgan fingerprint density at radius 1 is 1.12 bits per heavy atom. The molecule has 0 bridgehead atoms. The van der Waals surface area contributed by atoms with Gasteiger partial charge in [-0.05, 0) is 54.3 Å². The van der Waals surface area contributed by atoms with Gasteiger partial charge in [0.25, 0.3) is 0 Å². The van der Waals surface area contributed by atoms with E-state index in [9.17, 15) is 4.79 Å². The first-order valence-corrected chi connectivity index (χ1v) is 8.36. The molecule has 0 spiro atoms. The largest absolute Gasteiger partial charge is 0.489 e. The van der Waals surface area contributed by atoms with Gasteiger partial charge in [0.05, 0.1) is 0 Å². The van der Waals surface area contributed by atoms with Crippen molar-refractivity contribution >= 4 is 5.91 Å². The Morgan fingerprint density at radius 2 is 1.88 bits per heavy atom. The third-order valence-electron chi connectivity index (χ3n) is 3.77. The molecule has 0 heterocycles. The highest BCUT2D eigenvalue weighted by molar-refractivity contribution is 5.92. The van der Waals surface area contributed by atoms with Crippen LogP contribution in [0.1, 0.15) is 41.8 Å². The van der Waals surface area contributed by atoms with Crippen molar-refractivity contribution < 1.29 is 9.53 Å². The molecule has 0 aromatic heterocycles. The number of carbonyl (C=O) groups excluding carboxylic acids is 1. The number of primary amides is 1. The molecule has 0 fully saturated rings. The Labute approximate surface area is 144 Å². The SMILES string of the molecule is CC(C)CCNCc1cccc(OCc2ccc(C(N)=O)cc2)c1. The number of carbonyl (C=O) groups is 1. The fourth-order valence-electron chi connectivity index (χ4n) is 2.30. The molecule has 4 heteroatoms. The van der Waals surface area contributed by atoms with Crippen LogP contribution in [-0.4, -0.2) is 12.5 Å². The minimum atomic E-state index is -0.417. The summed E-state index contributed by atoms with van der Waals surface area (Å²) in [5, 5.41) is 3.45. The van der Waals surface area contributed by atoms with E-state index in [0.29, 0.717) is 18.1 Å². The summed E-state index contributed by atoms with van der Waals surface area (Å²) in [6, 6.07) is 15.3. The molecule has 1 amide bonds. The number of benzene rings is 2. The topological polar surface area (TPSA) is 64.3 Å². The highest BCUT2D eigenvalue weighted by Gasteiger charge is 2.02. The van der Waals surface area contributed by atoms with E-state index in [2.05, 4.69) is 31.3 Å². The quantitative estimate of drug-likeness (QED) is 0.693. The van der Waals surface area contributed by atoms with Crippen LogP contribution in [0.25, 0.3) is 0 Å². The molecule has 128 valence electrons. The maximum atomic E-state index is 11.1. The zero-order valence-electron chi connectivity index (χ0n) is 14.4. The molecule has 2 aromatic rings. The lowest BCUT2D eigenvalue weighted by atomic mass is 10.1. The molecule has 2 aromatic carbocycles. The molecule has 24 heavy (non-hydrogen) atoms. The molecule has 3 N–H and O–H groups in total. The van der Waals surface area contributed by atoms with Gasteiger partial charge in [-0.3, -0.25) is 4.79 Å². The molecular formula is C20H26N2O2. The summed E-state index contributed by atoms with van der Waals surface area (Å²) < 4.78 is 5.83. The van der Waals surface area contributed by atoms with Crippen LogP contribution in [0, 0.1) is 5.92 Å². The van der Waals surface area contributed by atoms with E-state index in [-0.39, 0.29) is 0 Å². The van der Waals surface area contributed by atoms with Gasteiger partial charge in [0.2, 0.25) is 5.91 Å². The summed E-state index contributed by atoms with van der Waals surface area (Å²) in [5.74, 6) is 1.14. The predicted octanol–water partition coefficient (Wildman–Crippen LogP) is 3.50. The number of nitrogens with one attached hydrogen (secondary N) is 1. The van der Waals surface area contributed by atoms with E-state index < -0.39 is 5.91 Å². The van der Waals surface area contributed by atoms with Gasteiger partial charge in [-0.15, -0.1) is 0 Å². The lowest BCUT2D eigenvalue weighted by molar-refractivity contribution is 0.1000. The standard InChI is InChI=1S/C20H26N2O2/c1-15(2)10-11-22-13-17-4-3-5-19(12-17)24-14-16-6-8-18(9-7-16)20(21)23/h3-9,12,15,22H,10-11,13-14H2,1-2H3,(H2,21,23). The number of ether oxygens (including phenoxy) is 1. The second-order valence-electron chi connectivity index (χ2n) is 6.36. The summed E-state index contributed by atoms with van der Waals surface area (Å²) in [5.41, 5.74) is 7.95. The Bertz CT molecular complexity index is 651. The summed E-state index contributed by atoms with van der Waals surface area (Å²) in [7, 11) is 0. The van der Waals surface area contributed by atoms with Crippen molar-refractivity contribution in [2.45, 2.75) is 33.4 Å². The van der Waals surface area contributed by atoms with Crippen LogP contribution in [0.3, 0.4) is 0 Å². The van der Waals surface area contributed by atoms with Crippen molar-refractivity contribution in [3.8, 4) is 5.75 Å². The maximum absolute atomic E-state index is 11.1. The van der Waals surface area contributed by atoms with Crippen molar-refractivity contribution in [3.63, 3.8) is 0 Å². The van der Waals surface area contributed by atoms with Gasteiger partial charge in [-0.2, -0.15) is 0 Å². The van der Waals surface area contributed by atoms with E-state index in [1.165, 1.54) is 12.0 Å². The highest BCUT2D eigenvalue weighted by Crippen LogP contribution is 2.15. The van der Waals surface area contributed by atoms with Gasteiger partial charge < -0.3 is 15.8 Å². The van der Waals surface area contributed by atoms with Crippen LogP contribution in [0.15, 0.2) is 48.5 Å². The second kappa shape index (κ2) is 9.08. The average molecular weight is 326 g/mol. The summed E-state index contributed by atoms with van der Waals surface area (Å²) in [4.78, 5) is 11.1. The zero-order valence-corrected chi connectivity index (χ0v) is 14.4. The van der Waals surface area contributed by atoms with Crippen LogP contribution in [0.4, 0.5) is 0 Å². The predicted molar refractivity (Wildman–Crippen MR) is 96.9 cm³/mol. The number of rotatable bonds is 9. The van der Waals surface area contributed by atoms with Crippen LogP contribution >= 0.6 is 0 Å². The molecule has 0 aliphatic heterocycles. The van der Waals surface area contributed by atoms with E-state index in [1.807, 2.05) is 24.3 Å². The molecular weight excluding hydrogens is 300 g/mol. The molecule has 0 saturated carbocycles. The molecule has 4 nitrogen and oxygen atoms in total. The van der Waals surface area contributed by atoms with Gasteiger partial charge in [-0.1, -0.05) is 38.1 Å². The molecule has 0 atom stereocenters. The van der Waals surface area contributed by atoms with Crippen molar-refractivity contribution in [1.29, 1.82) is 0 Å². The van der Waals surface area contributed by atoms with E-state index in [1.54, 1.807) is 12.1 Å². The monoisotopic (exact) mass is 326 g/mol. The first-order valence-electron chi connectivity index (χ1n) is 8.36. The highest BCUT2D eigenvalue weighted by atomic mass is 16.5. The van der Waals surface area contributed by atoms with Crippen LogP contribution in [-0.2, 0) is 13.2 Å². The normalized spacial score (nSPS) is 10.8. The van der Waals surface area contributed by atoms with Gasteiger partial charge >= 0.3 is 0 Å². The Morgan fingerprint density at radius 3 is 2.54 bits per heavy atom. The zero-order chi connectivity index (χ0) is 17.4. The van der Waals surface area contributed by atoms with E-state index >= 15 is 0 Å². The summed E-state index contributed by atoms with van der Waals surface area (Å²) in [6.07, 6.45) is 1.18. The molecule has 0 aliphatic rings. The van der Waals surface area contributed by atoms with E-state index in [4.69, 9.17) is 10.5 Å². The lowest BCUT2D eigenvalue weighted by Crippen LogP contribution is -2.16. The Kier molecular flexibility index (Phi) is 6.82. The van der Waals surface area contributed by atoms with Crippen molar-refractivity contribution in [3.05, 3.63) is 65.2 Å². The molecule has 0 radical (unpaired) electrons. The molecule has 0 unspecified atom stereocenters. The molecule has 0 aliphatic carbocycles. The fraction of sp³-hybridized carbons (Fsp3) is 0.350. The molecule has 2 rings (SSSR count). The van der Waals surface area contributed by atoms with Crippen LogP contribution < -0.4 is 15.8 Å². The minimum Gasteiger partial charge on any atom is -0.489 e. The second-order valence-corrected chi connectivity index (χ2v) is 6.36. The number of amides is 1. The van der Waals surface area contributed by atoms with Crippen LogP contribution in [0.2, 0.25) is 0 Å². The number of nitrogens with two attached hydrogens (primary N) is 1. The van der Waals surface area contributed by atoms with Crippen molar-refractivity contribution in [2.24, 2.45) is 11.7 Å². The lowest BCUT2D eigenvalue weighted by Gasteiger charge is -2.10. The minimum absolute atomic E-state index is 0.417. The van der Waals surface area contributed by atoms with Gasteiger partial charge in [0.1, 0.15) is 12.4 Å². The van der Waals surface area contributed by atoms with Crippen molar-refractivity contribution in [1.82, 2.24) is 5.32 Å².